The van der Waals surface area contributed by atoms with E-state index in [1.807, 2.05) is 0 Å². The van der Waals surface area contributed by atoms with E-state index < -0.39 is 31.4 Å². The second-order valence-electron chi connectivity index (χ2n) is 4.43. The lowest BCUT2D eigenvalue weighted by Gasteiger charge is -2.16. The Balaban J connectivity index is 0.00000127. The summed E-state index contributed by atoms with van der Waals surface area (Å²) in [6.07, 6.45) is 6.01. The van der Waals surface area contributed by atoms with E-state index in [2.05, 4.69) is 15.4 Å². The molecule has 10 nitrogen and oxygen atoms in total. The summed E-state index contributed by atoms with van der Waals surface area (Å²) in [6.45, 7) is -0.291. The number of hydrogen-bond acceptors (Lipinski definition) is 6. The molecule has 4 N–H and O–H groups in total. The highest BCUT2D eigenvalue weighted by Crippen LogP contribution is 2.37. The Labute approximate surface area is 130 Å². The molecule has 0 aromatic carbocycles. The number of H-pyrrole nitrogens is 1. The lowest BCUT2D eigenvalue weighted by molar-refractivity contribution is -0.0244. The molecule has 1 aliphatic heterocycles. The fourth-order valence-electron chi connectivity index (χ4n) is 2.00. The number of nitrogens with one attached hydrogen (secondary N) is 1. The summed E-state index contributed by atoms with van der Waals surface area (Å²) >= 11 is 0. The summed E-state index contributed by atoms with van der Waals surface area (Å²) in [4.78, 5) is 42.4. The molecule has 11 heteroatoms. The van der Waals surface area contributed by atoms with Crippen molar-refractivity contribution < 1.29 is 28.7 Å². The number of nitrogens with zero attached hydrogens (tertiary/aromatic N) is 1. The number of rotatable bonds is 4. The van der Waals surface area contributed by atoms with Gasteiger partial charge in [0.1, 0.15) is 11.8 Å². The predicted molar refractivity (Wildman–Crippen MR) is 78.5 cm³/mol. The highest BCUT2D eigenvalue weighted by atomic mass is 31.2. The summed E-state index contributed by atoms with van der Waals surface area (Å²) < 4.78 is 21.6. The second kappa shape index (κ2) is 8.21. The smallest absolute Gasteiger partial charge is 0.400 e. The number of phosphoric ester groups is 1. The topological polar surface area (TPSA) is 151 Å². The summed E-state index contributed by atoms with van der Waals surface area (Å²) in [5.74, 6) is 2.16. The van der Waals surface area contributed by atoms with Crippen LogP contribution >= 0.6 is 7.82 Å². The molecule has 1 saturated heterocycles. The van der Waals surface area contributed by atoms with Crippen molar-refractivity contribution in [2.75, 3.05) is 13.7 Å². The summed E-state index contributed by atoms with van der Waals surface area (Å²) in [5.41, 5.74) is -1.33. The van der Waals surface area contributed by atoms with Crippen LogP contribution in [0.3, 0.4) is 0 Å². The highest BCUT2D eigenvalue weighted by molar-refractivity contribution is 7.46. The highest BCUT2D eigenvalue weighted by Gasteiger charge is 2.29. The van der Waals surface area contributed by atoms with Gasteiger partial charge in [-0.1, -0.05) is 5.92 Å². The van der Waals surface area contributed by atoms with Crippen LogP contribution in [0.15, 0.2) is 15.8 Å². The average Bonchev–Trinajstić information content (AvgIpc) is 2.95. The summed E-state index contributed by atoms with van der Waals surface area (Å²) in [6, 6.07) is 0. The van der Waals surface area contributed by atoms with Crippen LogP contribution in [0.2, 0.25) is 0 Å². The molecule has 0 spiro atoms. The number of terminal acetylenes is 1. The van der Waals surface area contributed by atoms with Gasteiger partial charge in [0.25, 0.3) is 5.56 Å². The van der Waals surface area contributed by atoms with Crippen LogP contribution < -0.4 is 11.2 Å². The van der Waals surface area contributed by atoms with E-state index in [-0.39, 0.29) is 12.2 Å². The third-order valence-corrected chi connectivity index (χ3v) is 3.43. The number of aliphatic hydroxyl groups excluding tert-OH is 1. The van der Waals surface area contributed by atoms with Crippen LogP contribution in [0.4, 0.5) is 0 Å². The Morgan fingerprint density at radius 1 is 1.48 bits per heavy atom. The lowest BCUT2D eigenvalue weighted by Crippen LogP contribution is -2.33. The Kier molecular flexibility index (Phi) is 6.90. The Bertz CT molecular complexity index is 728. The molecular weight excluding hydrogens is 331 g/mol. The molecule has 0 saturated carbocycles. The fourth-order valence-corrected chi connectivity index (χ4v) is 2.36. The van der Waals surface area contributed by atoms with E-state index in [1.165, 1.54) is 6.20 Å². The van der Waals surface area contributed by atoms with E-state index in [9.17, 15) is 14.2 Å². The summed E-state index contributed by atoms with van der Waals surface area (Å²) in [5, 5.41) is 7.00. The number of aromatic nitrogens is 2. The van der Waals surface area contributed by atoms with E-state index in [0.717, 1.165) is 11.7 Å². The van der Waals surface area contributed by atoms with Crippen molar-refractivity contribution in [3.05, 3.63) is 32.6 Å². The van der Waals surface area contributed by atoms with Crippen molar-refractivity contribution in [3.8, 4) is 12.3 Å². The van der Waals surface area contributed by atoms with Crippen LogP contribution in [-0.4, -0.2) is 44.3 Å². The van der Waals surface area contributed by atoms with Gasteiger partial charge in [-0.2, -0.15) is 0 Å². The Morgan fingerprint density at radius 2 is 2.13 bits per heavy atom. The van der Waals surface area contributed by atoms with Gasteiger partial charge < -0.3 is 19.6 Å². The molecule has 0 bridgehead atoms. The molecule has 2 rings (SSSR count). The number of aliphatic hydroxyl groups is 1. The fraction of sp³-hybridized carbons (Fsp3) is 0.500. The van der Waals surface area contributed by atoms with Gasteiger partial charge in [-0.3, -0.25) is 18.9 Å². The molecule has 0 radical (unpaired) electrons. The van der Waals surface area contributed by atoms with Crippen molar-refractivity contribution in [2.24, 2.45) is 0 Å². The number of phosphoric acid groups is 1. The van der Waals surface area contributed by atoms with Crippen molar-refractivity contribution in [1.82, 2.24) is 9.55 Å². The third kappa shape index (κ3) is 5.44. The van der Waals surface area contributed by atoms with Crippen LogP contribution in [-0.2, 0) is 13.8 Å². The first-order chi connectivity index (χ1) is 10.8. The molecule has 1 fully saturated rings. The number of aromatic amines is 1. The molecule has 2 heterocycles. The molecule has 128 valence electrons. The monoisotopic (exact) mass is 348 g/mol. The van der Waals surface area contributed by atoms with E-state index in [0.29, 0.717) is 12.8 Å². The minimum Gasteiger partial charge on any atom is -0.400 e. The zero-order chi connectivity index (χ0) is 17.6. The summed E-state index contributed by atoms with van der Waals surface area (Å²) in [7, 11) is -3.56. The maximum atomic E-state index is 11.7. The minimum absolute atomic E-state index is 0.00637. The first-order valence-corrected chi connectivity index (χ1v) is 7.95. The quantitative estimate of drug-likeness (QED) is 0.396. The maximum absolute atomic E-state index is 11.7. The SMILES string of the molecule is C#Cc1cn(C2CCC(COP(=O)(O)O)O2)c(=O)[nH]c1=O.CO. The van der Waals surface area contributed by atoms with Crippen LogP contribution in [0.5, 0.6) is 0 Å². The molecule has 0 aliphatic carbocycles. The number of hydrogen-bond donors (Lipinski definition) is 4. The van der Waals surface area contributed by atoms with E-state index >= 15 is 0 Å². The molecule has 1 aromatic heterocycles. The van der Waals surface area contributed by atoms with Gasteiger partial charge >= 0.3 is 13.5 Å². The van der Waals surface area contributed by atoms with Crippen molar-refractivity contribution in [1.29, 1.82) is 0 Å². The van der Waals surface area contributed by atoms with E-state index in [4.69, 9.17) is 26.1 Å². The van der Waals surface area contributed by atoms with E-state index in [1.54, 1.807) is 0 Å². The van der Waals surface area contributed by atoms with Gasteiger partial charge in [0.15, 0.2) is 0 Å². The molecular formula is C12H17N2O8P. The zero-order valence-corrected chi connectivity index (χ0v) is 13.1. The molecule has 2 atom stereocenters. The molecule has 23 heavy (non-hydrogen) atoms. The molecule has 0 amide bonds. The first-order valence-electron chi connectivity index (χ1n) is 6.42. The van der Waals surface area contributed by atoms with Gasteiger partial charge in [-0.05, 0) is 12.8 Å². The number of ether oxygens (including phenoxy) is 1. The van der Waals surface area contributed by atoms with Crippen LogP contribution in [0.25, 0.3) is 0 Å². The molecule has 1 aliphatic rings. The lowest BCUT2D eigenvalue weighted by atomic mass is 10.2. The Morgan fingerprint density at radius 3 is 2.70 bits per heavy atom. The van der Waals surface area contributed by atoms with Gasteiger partial charge in [-0.15, -0.1) is 6.42 Å². The van der Waals surface area contributed by atoms with Crippen molar-refractivity contribution >= 4 is 7.82 Å². The largest absolute Gasteiger partial charge is 0.469 e. The Hall–Kier alpha value is -1.73. The molecule has 1 aromatic rings. The normalized spacial score (nSPS) is 20.5. The van der Waals surface area contributed by atoms with Crippen molar-refractivity contribution in [3.63, 3.8) is 0 Å². The maximum Gasteiger partial charge on any atom is 0.469 e. The molecule has 2 unspecified atom stereocenters. The van der Waals surface area contributed by atoms with Gasteiger partial charge in [0.2, 0.25) is 0 Å². The first kappa shape index (κ1) is 19.3. The van der Waals surface area contributed by atoms with Crippen LogP contribution in [0.1, 0.15) is 24.6 Å². The third-order valence-electron chi connectivity index (χ3n) is 2.95. The zero-order valence-electron chi connectivity index (χ0n) is 12.2. The van der Waals surface area contributed by atoms with Crippen LogP contribution in [0, 0.1) is 12.3 Å². The van der Waals surface area contributed by atoms with Crippen molar-refractivity contribution in [2.45, 2.75) is 25.2 Å². The second-order valence-corrected chi connectivity index (χ2v) is 5.67. The average molecular weight is 348 g/mol. The van der Waals surface area contributed by atoms with Gasteiger partial charge in [0.05, 0.1) is 12.7 Å². The van der Waals surface area contributed by atoms with Gasteiger partial charge in [-0.25, -0.2) is 9.36 Å². The standard InChI is InChI=1S/C11H13N2O7P.CH4O/c1-2-7-5-13(11(15)12-10(7)14)9-4-3-8(20-9)6-19-21(16,17)18;1-2/h1,5,8-9H,3-4,6H2,(H,12,14,15)(H2,16,17,18);2H,1H3. The predicted octanol–water partition coefficient (Wildman–Crippen LogP) is -1.09. The minimum atomic E-state index is -4.56. The van der Waals surface area contributed by atoms with Gasteiger partial charge in [0, 0.05) is 13.3 Å².